The van der Waals surface area contributed by atoms with E-state index in [0.717, 1.165) is 38.9 Å². The molecule has 0 aliphatic carbocycles. The van der Waals surface area contributed by atoms with Gasteiger partial charge in [0.05, 0.1) is 12.7 Å². The van der Waals surface area contributed by atoms with Crippen molar-refractivity contribution < 1.29 is 19.1 Å². The molecular formula is C26H17ClN2O4S. The Hall–Kier alpha value is -3.81. The first-order chi connectivity index (χ1) is 16.5. The van der Waals surface area contributed by atoms with E-state index in [0.29, 0.717) is 16.3 Å². The predicted octanol–water partition coefficient (Wildman–Crippen LogP) is 6.92. The number of aliphatic carboxylic acids is 1. The van der Waals surface area contributed by atoms with Crippen molar-refractivity contribution in [2.45, 2.75) is 5.22 Å². The number of rotatable bonds is 6. The minimum atomic E-state index is -1.10. The van der Waals surface area contributed by atoms with E-state index in [2.05, 4.69) is 16.3 Å². The van der Waals surface area contributed by atoms with Gasteiger partial charge in [-0.3, -0.25) is 0 Å². The number of carbonyl (C=O) groups is 1. The predicted molar refractivity (Wildman–Crippen MR) is 134 cm³/mol. The minimum absolute atomic E-state index is 0.0507. The molecule has 4 aromatic carbocycles. The molecule has 0 saturated carbocycles. The van der Waals surface area contributed by atoms with Crippen molar-refractivity contribution in [2.75, 3.05) is 7.11 Å². The highest BCUT2D eigenvalue weighted by molar-refractivity contribution is 8.03. The average molecular weight is 489 g/mol. The van der Waals surface area contributed by atoms with E-state index in [1.807, 2.05) is 48.5 Å². The molecule has 0 saturated heterocycles. The van der Waals surface area contributed by atoms with Gasteiger partial charge in [-0.05, 0) is 69.2 Å². The van der Waals surface area contributed by atoms with Crippen LogP contribution >= 0.6 is 23.4 Å². The number of benzene rings is 4. The van der Waals surface area contributed by atoms with Crippen molar-refractivity contribution in [3.05, 3.63) is 88.3 Å². The average Bonchev–Trinajstić information content (AvgIpc) is 3.31. The van der Waals surface area contributed by atoms with E-state index in [1.165, 1.54) is 7.11 Å². The van der Waals surface area contributed by atoms with E-state index in [1.54, 1.807) is 24.3 Å². The third-order valence-corrected chi connectivity index (χ3v) is 6.38. The van der Waals surface area contributed by atoms with Gasteiger partial charge in [0.25, 0.3) is 11.1 Å². The summed E-state index contributed by atoms with van der Waals surface area (Å²) in [5, 5.41) is 22.6. The number of carboxylic acid groups (broad SMARTS) is 1. The smallest absolute Gasteiger partial charge is 0.342 e. The molecule has 0 aliphatic rings. The molecule has 0 bridgehead atoms. The first kappa shape index (κ1) is 22.0. The van der Waals surface area contributed by atoms with Gasteiger partial charge in [0.1, 0.15) is 10.7 Å². The fourth-order valence-corrected chi connectivity index (χ4v) is 4.60. The third kappa shape index (κ3) is 4.23. The maximum absolute atomic E-state index is 12.2. The molecule has 0 radical (unpaired) electrons. The lowest BCUT2D eigenvalue weighted by atomic mass is 9.96. The number of carboxylic acids is 1. The van der Waals surface area contributed by atoms with Crippen LogP contribution in [0.2, 0.25) is 5.02 Å². The first-order valence-corrected chi connectivity index (χ1v) is 11.4. The summed E-state index contributed by atoms with van der Waals surface area (Å²) in [7, 11) is 1.53. The Kier molecular flexibility index (Phi) is 5.96. The van der Waals surface area contributed by atoms with E-state index in [-0.39, 0.29) is 16.0 Å². The van der Waals surface area contributed by atoms with E-state index in [4.69, 9.17) is 20.8 Å². The van der Waals surface area contributed by atoms with Crippen molar-refractivity contribution in [1.29, 1.82) is 0 Å². The molecule has 6 nitrogen and oxygen atoms in total. The zero-order valence-electron chi connectivity index (χ0n) is 17.9. The summed E-state index contributed by atoms with van der Waals surface area (Å²) in [5.41, 5.74) is 1.34. The van der Waals surface area contributed by atoms with Crippen molar-refractivity contribution in [3.63, 3.8) is 0 Å². The number of hydrogen-bond acceptors (Lipinski definition) is 6. The zero-order chi connectivity index (χ0) is 23.7. The van der Waals surface area contributed by atoms with Crippen LogP contribution in [0, 0.1) is 0 Å². The molecule has 0 amide bonds. The third-order valence-electron chi connectivity index (χ3n) is 5.29. The monoisotopic (exact) mass is 488 g/mol. The van der Waals surface area contributed by atoms with E-state index < -0.39 is 5.97 Å². The van der Waals surface area contributed by atoms with Crippen molar-refractivity contribution in [1.82, 2.24) is 10.2 Å². The van der Waals surface area contributed by atoms with Gasteiger partial charge in [-0.25, -0.2) is 4.79 Å². The van der Waals surface area contributed by atoms with Crippen LogP contribution < -0.4 is 4.74 Å². The van der Waals surface area contributed by atoms with Gasteiger partial charge in [-0.15, -0.1) is 10.2 Å². The number of thioether (sulfide) groups is 1. The Balaban J connectivity index is 1.58. The summed E-state index contributed by atoms with van der Waals surface area (Å²) in [4.78, 5) is 12.2. The number of fused-ring (bicyclic) bond motifs is 2. The Morgan fingerprint density at radius 2 is 1.68 bits per heavy atom. The highest BCUT2D eigenvalue weighted by Crippen LogP contribution is 2.37. The van der Waals surface area contributed by atoms with Crippen molar-refractivity contribution in [3.8, 4) is 17.2 Å². The molecule has 0 fully saturated rings. The first-order valence-electron chi connectivity index (χ1n) is 10.2. The molecule has 1 N–H and O–H groups in total. The van der Waals surface area contributed by atoms with Gasteiger partial charge in [0, 0.05) is 5.02 Å². The lowest BCUT2D eigenvalue weighted by Crippen LogP contribution is -1.97. The SMILES string of the molecule is COc1ccc(Cl)cc1-c1nnc(S/C(=C\c2c3ccccc3cc3ccccc23)C(=O)O)o1. The number of ether oxygens (including phenoxy) is 1. The standard InChI is InChI=1S/C26H17ClN2O4S/c1-32-22-11-10-17(27)13-21(22)24-28-29-26(33-24)34-23(25(30)31)14-20-18-8-4-2-6-15(18)12-16-7-3-5-9-19(16)20/h2-14H,1H3,(H,30,31)/b23-14-. The molecule has 1 heterocycles. The second-order valence-electron chi connectivity index (χ2n) is 7.37. The Labute approximate surface area is 203 Å². The number of methoxy groups -OCH3 is 1. The Bertz CT molecular complexity index is 1520. The van der Waals surface area contributed by atoms with E-state index >= 15 is 0 Å². The number of nitrogens with zero attached hydrogens (tertiary/aromatic N) is 2. The fourth-order valence-electron chi connectivity index (χ4n) is 3.77. The summed E-state index contributed by atoms with van der Waals surface area (Å²) in [6.07, 6.45) is 1.65. The molecule has 1 aromatic heterocycles. The lowest BCUT2D eigenvalue weighted by Gasteiger charge is -2.09. The van der Waals surface area contributed by atoms with Crippen LogP contribution in [-0.4, -0.2) is 28.4 Å². The Morgan fingerprint density at radius 1 is 1.00 bits per heavy atom. The minimum Gasteiger partial charge on any atom is -0.496 e. The second-order valence-corrected chi connectivity index (χ2v) is 8.80. The summed E-state index contributed by atoms with van der Waals surface area (Å²) < 4.78 is 11.1. The Morgan fingerprint density at radius 3 is 2.32 bits per heavy atom. The van der Waals surface area contributed by atoms with Gasteiger partial charge in [-0.2, -0.15) is 0 Å². The van der Waals surface area contributed by atoms with Crippen LogP contribution in [0.3, 0.4) is 0 Å². The van der Waals surface area contributed by atoms with Gasteiger partial charge in [0.2, 0.25) is 0 Å². The molecule has 168 valence electrons. The lowest BCUT2D eigenvalue weighted by molar-refractivity contribution is -0.131. The molecule has 0 unspecified atom stereocenters. The summed E-state index contributed by atoms with van der Waals surface area (Å²) in [5.74, 6) is -0.398. The number of hydrogen-bond donors (Lipinski definition) is 1. The number of halogens is 1. The highest BCUT2D eigenvalue weighted by atomic mass is 35.5. The van der Waals surface area contributed by atoms with Gasteiger partial charge in [-0.1, -0.05) is 60.1 Å². The molecular weight excluding hydrogens is 472 g/mol. The van der Waals surface area contributed by atoms with Crippen LogP contribution in [0.1, 0.15) is 5.56 Å². The van der Waals surface area contributed by atoms with Gasteiger partial charge >= 0.3 is 5.97 Å². The molecule has 8 heteroatoms. The van der Waals surface area contributed by atoms with Crippen LogP contribution in [0.5, 0.6) is 5.75 Å². The van der Waals surface area contributed by atoms with Crippen LogP contribution in [0.15, 0.2) is 87.3 Å². The molecule has 5 aromatic rings. The van der Waals surface area contributed by atoms with Gasteiger partial charge < -0.3 is 14.3 Å². The molecule has 0 aliphatic heterocycles. The van der Waals surface area contributed by atoms with Crippen molar-refractivity contribution >= 4 is 57.0 Å². The van der Waals surface area contributed by atoms with Gasteiger partial charge in [0.15, 0.2) is 0 Å². The van der Waals surface area contributed by atoms with Crippen LogP contribution in [0.4, 0.5) is 0 Å². The molecule has 0 atom stereocenters. The molecule has 5 rings (SSSR count). The molecule has 0 spiro atoms. The highest BCUT2D eigenvalue weighted by Gasteiger charge is 2.19. The van der Waals surface area contributed by atoms with E-state index in [9.17, 15) is 9.90 Å². The summed E-state index contributed by atoms with van der Waals surface area (Å²) in [6.45, 7) is 0. The maximum Gasteiger partial charge on any atom is 0.342 e. The number of aromatic nitrogens is 2. The fraction of sp³-hybridized carbons (Fsp3) is 0.0385. The van der Waals surface area contributed by atoms with Crippen molar-refractivity contribution in [2.24, 2.45) is 0 Å². The maximum atomic E-state index is 12.2. The quantitative estimate of drug-likeness (QED) is 0.158. The summed E-state index contributed by atoms with van der Waals surface area (Å²) >= 11 is 6.99. The zero-order valence-corrected chi connectivity index (χ0v) is 19.4. The van der Waals surface area contributed by atoms with Crippen LogP contribution in [0.25, 0.3) is 39.1 Å². The van der Waals surface area contributed by atoms with Crippen LogP contribution in [-0.2, 0) is 4.79 Å². The normalized spacial score (nSPS) is 11.8. The summed E-state index contributed by atoms with van der Waals surface area (Å²) in [6, 6.07) is 22.9. The topological polar surface area (TPSA) is 85.5 Å². The second kappa shape index (κ2) is 9.21. The largest absolute Gasteiger partial charge is 0.496 e. The molecule has 34 heavy (non-hydrogen) atoms.